The molecule has 2 nitrogen and oxygen atoms in total. The molecule has 20 heavy (non-hydrogen) atoms. The first kappa shape index (κ1) is 13.0. The van der Waals surface area contributed by atoms with Crippen molar-refractivity contribution in [2.75, 3.05) is 0 Å². The van der Waals surface area contributed by atoms with Crippen molar-refractivity contribution in [3.63, 3.8) is 0 Å². The van der Waals surface area contributed by atoms with Gasteiger partial charge in [0.1, 0.15) is 0 Å². The summed E-state index contributed by atoms with van der Waals surface area (Å²) in [5.41, 5.74) is 2.25. The van der Waals surface area contributed by atoms with E-state index in [1.165, 1.54) is 5.56 Å². The minimum Gasteiger partial charge on any atom is -0.137 e. The predicted octanol–water partition coefficient (Wildman–Crippen LogP) is 4.25. The van der Waals surface area contributed by atoms with Gasteiger partial charge >= 0.3 is 0 Å². The molecule has 3 aromatic rings. The van der Waals surface area contributed by atoms with Gasteiger partial charge in [0.25, 0.3) is 5.01 Å². The predicted molar refractivity (Wildman–Crippen MR) is 86.4 cm³/mol. The maximum atomic E-state index is 5.26. The molecule has 0 fully saturated rings. The summed E-state index contributed by atoms with van der Waals surface area (Å²) >= 11 is 6.82. The lowest BCUT2D eigenvalue weighted by molar-refractivity contribution is -0.656. The van der Waals surface area contributed by atoms with Gasteiger partial charge in [-0.1, -0.05) is 53.2 Å². The lowest BCUT2D eigenvalue weighted by atomic mass is 10.2. The summed E-state index contributed by atoms with van der Waals surface area (Å²) in [7, 11) is 0. The molecule has 0 spiro atoms. The molecule has 0 unspecified atom stereocenters. The molecule has 0 amide bonds. The first-order valence-electron chi connectivity index (χ1n) is 6.27. The second-order valence-corrected chi connectivity index (χ2v) is 5.95. The van der Waals surface area contributed by atoms with E-state index in [1.54, 1.807) is 11.3 Å². The van der Waals surface area contributed by atoms with Crippen molar-refractivity contribution in [3.8, 4) is 5.69 Å². The molecule has 1 aromatic heterocycles. The Morgan fingerprint density at radius 1 is 0.900 bits per heavy atom. The van der Waals surface area contributed by atoms with Crippen LogP contribution in [-0.4, -0.2) is 5.10 Å². The number of nitrogens with zero attached hydrogens (tertiary/aromatic N) is 1. The molecule has 1 N–H and O–H groups in total. The maximum absolute atomic E-state index is 5.26. The summed E-state index contributed by atoms with van der Waals surface area (Å²) in [5.74, 6) is 0. The Kier molecular flexibility index (Phi) is 3.85. The van der Waals surface area contributed by atoms with Crippen molar-refractivity contribution in [1.29, 1.82) is 0 Å². The lowest BCUT2D eigenvalue weighted by Crippen LogP contribution is -2.34. The van der Waals surface area contributed by atoms with Gasteiger partial charge in [0.15, 0.2) is 0 Å². The van der Waals surface area contributed by atoms with Crippen LogP contribution in [0.3, 0.4) is 0 Å². The van der Waals surface area contributed by atoms with Gasteiger partial charge in [0.2, 0.25) is 9.64 Å². The van der Waals surface area contributed by atoms with E-state index in [4.69, 9.17) is 12.2 Å². The van der Waals surface area contributed by atoms with Crippen molar-refractivity contribution in [3.05, 3.63) is 75.2 Å². The van der Waals surface area contributed by atoms with Crippen LogP contribution >= 0.6 is 23.6 Å². The molecule has 4 heteroatoms. The largest absolute Gasteiger partial charge is 0.294 e. The van der Waals surface area contributed by atoms with Crippen LogP contribution in [0, 0.1) is 3.95 Å². The van der Waals surface area contributed by atoms with E-state index in [0.29, 0.717) is 0 Å². The van der Waals surface area contributed by atoms with Crippen LogP contribution in [0.15, 0.2) is 60.7 Å². The van der Waals surface area contributed by atoms with Crippen molar-refractivity contribution in [1.82, 2.24) is 5.10 Å². The Labute approximate surface area is 126 Å². The van der Waals surface area contributed by atoms with Gasteiger partial charge in [-0.2, -0.15) is 0 Å². The summed E-state index contributed by atoms with van der Waals surface area (Å²) in [5, 5.41) is 4.27. The third kappa shape index (κ3) is 2.92. The minimum absolute atomic E-state index is 0.765. The Morgan fingerprint density at radius 3 is 2.25 bits per heavy atom. The highest BCUT2D eigenvalue weighted by Crippen LogP contribution is 2.12. The van der Waals surface area contributed by atoms with Crippen LogP contribution in [0.1, 0.15) is 10.6 Å². The zero-order chi connectivity index (χ0) is 13.8. The van der Waals surface area contributed by atoms with Crippen LogP contribution in [0.5, 0.6) is 0 Å². The average Bonchev–Trinajstić information content (AvgIpc) is 2.88. The quantitative estimate of drug-likeness (QED) is 0.566. The van der Waals surface area contributed by atoms with Crippen LogP contribution in [0.2, 0.25) is 0 Å². The fraction of sp³-hybridized carbons (Fsp3) is 0. The minimum atomic E-state index is 0.765. The van der Waals surface area contributed by atoms with Gasteiger partial charge in [0.05, 0.1) is 0 Å². The van der Waals surface area contributed by atoms with Gasteiger partial charge < -0.3 is 0 Å². The van der Waals surface area contributed by atoms with Crippen molar-refractivity contribution < 1.29 is 4.68 Å². The molecule has 0 aliphatic rings. The van der Waals surface area contributed by atoms with E-state index >= 15 is 0 Å². The average molecular weight is 297 g/mol. The van der Waals surface area contributed by atoms with E-state index in [0.717, 1.165) is 14.6 Å². The molecule has 0 aliphatic carbocycles. The summed E-state index contributed by atoms with van der Waals surface area (Å²) < 4.78 is 2.77. The van der Waals surface area contributed by atoms with Gasteiger partial charge in [-0.15, -0.1) is 5.10 Å². The molecule has 1 heterocycles. The highest BCUT2D eigenvalue weighted by Gasteiger charge is 2.14. The van der Waals surface area contributed by atoms with Gasteiger partial charge in [-0.3, -0.25) is 0 Å². The summed E-state index contributed by atoms with van der Waals surface area (Å²) in [6.45, 7) is 0. The number of aromatic amines is 1. The standard InChI is InChI=1S/C16H12N2S2/c19-16-17-18(14-9-5-2-6-10-14)15(20-16)12-11-13-7-3-1-4-8-13/h1-12H/p+1/b12-11+. The number of hydrogen-bond acceptors (Lipinski definition) is 2. The molecule has 3 rings (SSSR count). The van der Waals surface area contributed by atoms with Gasteiger partial charge in [-0.05, 0) is 35.2 Å². The topological polar surface area (TPSA) is 19.7 Å². The molecule has 0 saturated heterocycles. The van der Waals surface area contributed by atoms with E-state index in [1.807, 2.05) is 41.1 Å². The van der Waals surface area contributed by atoms with Crippen LogP contribution in [0.4, 0.5) is 0 Å². The fourth-order valence-electron chi connectivity index (χ4n) is 1.92. The third-order valence-corrected chi connectivity index (χ3v) is 4.00. The smallest absolute Gasteiger partial charge is 0.137 e. The Hall–Kier alpha value is -2.04. The monoisotopic (exact) mass is 297 g/mol. The highest BCUT2D eigenvalue weighted by atomic mass is 32.1. The van der Waals surface area contributed by atoms with Crippen molar-refractivity contribution in [2.45, 2.75) is 0 Å². The van der Waals surface area contributed by atoms with Crippen molar-refractivity contribution >= 4 is 35.7 Å². The summed E-state index contributed by atoms with van der Waals surface area (Å²) in [4.78, 5) is 0. The number of para-hydroxylation sites is 1. The molecule has 0 aliphatic heterocycles. The van der Waals surface area contributed by atoms with E-state index in [2.05, 4.69) is 41.5 Å². The number of aromatic nitrogens is 2. The van der Waals surface area contributed by atoms with Gasteiger partial charge in [-0.25, -0.2) is 0 Å². The normalized spacial score (nSPS) is 11.0. The number of benzene rings is 2. The molecule has 0 atom stereocenters. The van der Waals surface area contributed by atoms with E-state index in [-0.39, 0.29) is 0 Å². The Bertz CT molecular complexity index is 771. The number of hydrogen-bond donors (Lipinski definition) is 1. The zero-order valence-corrected chi connectivity index (χ0v) is 12.3. The van der Waals surface area contributed by atoms with Crippen LogP contribution in [-0.2, 0) is 0 Å². The first-order valence-corrected chi connectivity index (χ1v) is 7.49. The van der Waals surface area contributed by atoms with E-state index < -0.39 is 0 Å². The third-order valence-electron chi connectivity index (χ3n) is 2.85. The lowest BCUT2D eigenvalue weighted by Gasteiger charge is -1.92. The second-order valence-electron chi connectivity index (χ2n) is 4.25. The molecular formula is C16H13N2S2+. The van der Waals surface area contributed by atoms with Gasteiger partial charge in [0, 0.05) is 18.2 Å². The first-order chi connectivity index (χ1) is 9.83. The highest BCUT2D eigenvalue weighted by molar-refractivity contribution is 7.73. The summed E-state index contributed by atoms with van der Waals surface area (Å²) in [6.07, 6.45) is 4.17. The zero-order valence-electron chi connectivity index (χ0n) is 10.7. The van der Waals surface area contributed by atoms with Crippen molar-refractivity contribution in [2.24, 2.45) is 0 Å². The van der Waals surface area contributed by atoms with Crippen LogP contribution < -0.4 is 4.68 Å². The molecule has 98 valence electrons. The second kappa shape index (κ2) is 5.94. The number of rotatable bonds is 3. The van der Waals surface area contributed by atoms with E-state index in [9.17, 15) is 0 Å². The molecular weight excluding hydrogens is 284 g/mol. The molecule has 0 radical (unpaired) electrons. The number of H-pyrrole nitrogens is 1. The number of nitrogens with one attached hydrogen (secondary N) is 1. The molecule has 0 bridgehead atoms. The molecule has 0 saturated carbocycles. The van der Waals surface area contributed by atoms with Crippen LogP contribution in [0.25, 0.3) is 17.8 Å². The summed E-state index contributed by atoms with van der Waals surface area (Å²) in [6, 6.07) is 20.4. The fourth-order valence-corrected chi connectivity index (χ4v) is 2.97. The molecule has 2 aromatic carbocycles. The maximum Gasteiger partial charge on any atom is 0.294 e. The SMILES string of the molecule is S=c1[nH][n+](-c2ccccc2)c(/C=C/c2ccccc2)s1. The Balaban J connectivity index is 1.99. The Morgan fingerprint density at radius 2 is 1.55 bits per heavy atom.